The molecule has 1 N–H and O–H groups in total. The number of hydrogen-bond donors (Lipinski definition) is 1. The lowest BCUT2D eigenvalue weighted by Crippen LogP contribution is -2.44. The number of hydrogen-bond acceptors (Lipinski definition) is 6. The molecule has 26 heavy (non-hydrogen) atoms. The Hall–Kier alpha value is -1.70. The number of carbonyl (C=O) groups is 2. The van der Waals surface area contributed by atoms with E-state index < -0.39 is 11.7 Å². The largest absolute Gasteiger partial charge is 0.461 e. The number of nitrogens with zero attached hydrogens (tertiary/aromatic N) is 1. The Bertz CT molecular complexity index is 710. The number of esters is 1. The molecule has 1 aromatic carbocycles. The van der Waals surface area contributed by atoms with Gasteiger partial charge in [-0.3, -0.25) is 9.69 Å². The Morgan fingerprint density at radius 3 is 2.31 bits per heavy atom. The van der Waals surface area contributed by atoms with Crippen molar-refractivity contribution in [1.29, 1.82) is 0 Å². The van der Waals surface area contributed by atoms with E-state index >= 15 is 0 Å². The minimum absolute atomic E-state index is 0.0362. The van der Waals surface area contributed by atoms with E-state index in [1.807, 2.05) is 19.9 Å². The molecule has 140 valence electrons. The predicted molar refractivity (Wildman–Crippen MR) is 106 cm³/mol. The number of ether oxygens (including phenoxy) is 1. The fourth-order valence-corrected chi connectivity index (χ4v) is 5.01. The van der Waals surface area contributed by atoms with Crippen molar-refractivity contribution in [3.8, 4) is 0 Å². The third kappa shape index (κ3) is 3.84. The quantitative estimate of drug-likeness (QED) is 0.539. The summed E-state index contributed by atoms with van der Waals surface area (Å²) in [4.78, 5) is 25.3. The zero-order valence-electron chi connectivity index (χ0n) is 15.1. The maximum absolute atomic E-state index is 12.4. The van der Waals surface area contributed by atoms with Gasteiger partial charge in [0.2, 0.25) is 6.41 Å². The van der Waals surface area contributed by atoms with Crippen LogP contribution in [0.25, 0.3) is 0 Å². The van der Waals surface area contributed by atoms with Crippen LogP contribution >= 0.6 is 23.5 Å². The molecular weight excluding hydrogens is 370 g/mol. The lowest BCUT2D eigenvalue weighted by atomic mass is 9.96. The maximum atomic E-state index is 12.4. The molecule has 0 aromatic heterocycles. The molecule has 0 spiro atoms. The zero-order valence-corrected chi connectivity index (χ0v) is 16.7. The van der Waals surface area contributed by atoms with E-state index in [0.29, 0.717) is 17.5 Å². The first-order valence-electron chi connectivity index (χ1n) is 8.46. The van der Waals surface area contributed by atoms with Crippen LogP contribution in [0.15, 0.2) is 51.9 Å². The average Bonchev–Trinajstić information content (AvgIpc) is 2.96. The molecule has 1 aliphatic heterocycles. The summed E-state index contributed by atoms with van der Waals surface area (Å²) in [7, 11) is 0. The Kier molecular flexibility index (Phi) is 7.37. The topological polar surface area (TPSA) is 66.8 Å². The van der Waals surface area contributed by atoms with Gasteiger partial charge in [0.05, 0.1) is 6.61 Å². The van der Waals surface area contributed by atoms with E-state index in [1.165, 1.54) is 0 Å². The normalized spacial score (nSPS) is 19.3. The van der Waals surface area contributed by atoms with Crippen LogP contribution in [0.3, 0.4) is 0 Å². The molecule has 5 nitrogen and oxygen atoms in total. The maximum Gasteiger partial charge on any atom is 0.355 e. The van der Waals surface area contributed by atoms with Gasteiger partial charge < -0.3 is 9.84 Å². The third-order valence-corrected chi connectivity index (χ3v) is 6.05. The highest BCUT2D eigenvalue weighted by Gasteiger charge is 2.49. The average molecular weight is 394 g/mol. The molecule has 1 unspecified atom stereocenters. The zero-order chi connectivity index (χ0) is 19.2. The molecule has 0 saturated carbocycles. The summed E-state index contributed by atoms with van der Waals surface area (Å²) in [5.74, 6) is 0.979. The van der Waals surface area contributed by atoms with Crippen molar-refractivity contribution in [2.24, 2.45) is 0 Å². The summed E-state index contributed by atoms with van der Waals surface area (Å²) in [5.41, 5.74) is -0.666. The van der Waals surface area contributed by atoms with Gasteiger partial charge in [-0.05, 0) is 24.5 Å². The van der Waals surface area contributed by atoms with Gasteiger partial charge in [-0.15, -0.1) is 23.5 Å². The van der Waals surface area contributed by atoms with Gasteiger partial charge in [0.25, 0.3) is 0 Å². The first-order chi connectivity index (χ1) is 12.5. The van der Waals surface area contributed by atoms with Crippen LogP contribution in [0, 0.1) is 0 Å². The van der Waals surface area contributed by atoms with Gasteiger partial charge in [-0.25, -0.2) is 4.79 Å². The monoisotopic (exact) mass is 393 g/mol. The number of amides is 1. The Morgan fingerprint density at radius 1 is 1.19 bits per heavy atom. The minimum Gasteiger partial charge on any atom is -0.461 e. The Balaban J connectivity index is 2.70. The Morgan fingerprint density at radius 2 is 1.81 bits per heavy atom. The number of thioether (sulfide) groups is 2. The highest BCUT2D eigenvalue weighted by Crippen LogP contribution is 2.48. The van der Waals surface area contributed by atoms with Crippen molar-refractivity contribution in [2.75, 3.05) is 18.1 Å². The van der Waals surface area contributed by atoms with E-state index in [9.17, 15) is 14.7 Å². The second-order valence-corrected chi connectivity index (χ2v) is 8.14. The van der Waals surface area contributed by atoms with Crippen LogP contribution in [0.5, 0.6) is 0 Å². The highest BCUT2D eigenvalue weighted by molar-refractivity contribution is 8.22. The summed E-state index contributed by atoms with van der Waals surface area (Å²) in [6, 6.07) is 8.89. The second-order valence-electron chi connectivity index (χ2n) is 5.33. The number of rotatable bonds is 8. The van der Waals surface area contributed by atoms with Crippen LogP contribution in [0.2, 0.25) is 0 Å². The van der Waals surface area contributed by atoms with E-state index in [2.05, 4.69) is 0 Å². The smallest absolute Gasteiger partial charge is 0.355 e. The van der Waals surface area contributed by atoms with Crippen molar-refractivity contribution in [3.05, 3.63) is 57.5 Å². The van der Waals surface area contributed by atoms with Gasteiger partial charge in [0.1, 0.15) is 5.70 Å². The molecule has 2 rings (SSSR count). The molecule has 1 aliphatic rings. The molecule has 0 radical (unpaired) electrons. The van der Waals surface area contributed by atoms with Crippen molar-refractivity contribution in [3.63, 3.8) is 0 Å². The van der Waals surface area contributed by atoms with Gasteiger partial charge in [-0.2, -0.15) is 0 Å². The first kappa shape index (κ1) is 20.6. The lowest BCUT2D eigenvalue weighted by Gasteiger charge is -2.34. The van der Waals surface area contributed by atoms with Crippen molar-refractivity contribution >= 4 is 35.9 Å². The summed E-state index contributed by atoms with van der Waals surface area (Å²) >= 11 is 3.16. The minimum atomic E-state index is -1.75. The van der Waals surface area contributed by atoms with Gasteiger partial charge in [0, 0.05) is 15.4 Å². The van der Waals surface area contributed by atoms with Crippen LogP contribution in [-0.4, -0.2) is 40.5 Å². The molecule has 1 heterocycles. The predicted octanol–water partition coefficient (Wildman–Crippen LogP) is 3.47. The van der Waals surface area contributed by atoms with Crippen LogP contribution in [-0.2, 0) is 20.1 Å². The summed E-state index contributed by atoms with van der Waals surface area (Å²) in [5, 5.41) is 11.6. The van der Waals surface area contributed by atoms with Crippen molar-refractivity contribution < 1.29 is 19.4 Å². The Labute approximate surface area is 162 Å². The number of aliphatic hydroxyl groups is 1. The SMILES string of the molecule is CCOC(=O)C1=CC(=C(SCC)SCC)C(O)(c2ccccc2)N1C=O. The summed E-state index contributed by atoms with van der Waals surface area (Å²) in [6.45, 7) is 5.92. The van der Waals surface area contributed by atoms with Gasteiger partial charge >= 0.3 is 5.97 Å². The molecule has 1 amide bonds. The first-order valence-corrected chi connectivity index (χ1v) is 10.4. The van der Waals surface area contributed by atoms with Crippen molar-refractivity contribution in [1.82, 2.24) is 4.90 Å². The molecule has 7 heteroatoms. The van der Waals surface area contributed by atoms with Gasteiger partial charge in [-0.1, -0.05) is 44.2 Å². The van der Waals surface area contributed by atoms with Crippen LogP contribution < -0.4 is 0 Å². The molecule has 0 bridgehead atoms. The molecular formula is C19H23NO4S2. The molecule has 0 aliphatic carbocycles. The van der Waals surface area contributed by atoms with Crippen LogP contribution in [0.1, 0.15) is 26.3 Å². The van der Waals surface area contributed by atoms with E-state index in [4.69, 9.17) is 4.74 Å². The third-order valence-electron chi connectivity index (χ3n) is 3.80. The lowest BCUT2D eigenvalue weighted by molar-refractivity contribution is -0.148. The van der Waals surface area contributed by atoms with E-state index in [-0.39, 0.29) is 12.3 Å². The van der Waals surface area contributed by atoms with Crippen LogP contribution in [0.4, 0.5) is 0 Å². The second kappa shape index (κ2) is 9.30. The van der Waals surface area contributed by atoms with E-state index in [0.717, 1.165) is 20.6 Å². The molecule has 1 atom stereocenters. The van der Waals surface area contributed by atoms with E-state index in [1.54, 1.807) is 60.8 Å². The van der Waals surface area contributed by atoms with Crippen molar-refractivity contribution in [2.45, 2.75) is 26.5 Å². The molecule has 0 saturated heterocycles. The highest BCUT2D eigenvalue weighted by atomic mass is 32.2. The number of carbonyl (C=O) groups excluding carboxylic acids is 2. The fraction of sp³-hybridized carbons (Fsp3) is 0.368. The standard InChI is InChI=1S/C19H23NO4S2/c1-4-24-17(22)16-12-15(18(25-5-2)26-6-3)19(23,20(16)13-21)14-10-8-7-9-11-14/h7-13,23H,4-6H2,1-3H3. The number of benzene rings is 1. The van der Waals surface area contributed by atoms with Gasteiger partial charge in [0.15, 0.2) is 5.72 Å². The molecule has 1 aromatic rings. The summed E-state index contributed by atoms with van der Waals surface area (Å²) < 4.78 is 5.96. The molecule has 0 fully saturated rings. The fourth-order valence-electron chi connectivity index (χ4n) is 2.73. The summed E-state index contributed by atoms with van der Waals surface area (Å²) in [6.07, 6.45) is 2.05.